The summed E-state index contributed by atoms with van der Waals surface area (Å²) < 4.78 is 31.7. The molecule has 0 unspecified atom stereocenters. The highest BCUT2D eigenvalue weighted by Gasteiger charge is 2.16. The van der Waals surface area contributed by atoms with E-state index in [4.69, 9.17) is 18.0 Å². The van der Waals surface area contributed by atoms with Crippen molar-refractivity contribution in [3.8, 4) is 0 Å². The number of carbonyl (C=O) groups is 1. The van der Waals surface area contributed by atoms with Crippen molar-refractivity contribution in [2.45, 2.75) is 13.3 Å². The second kappa shape index (κ2) is 7.71. The van der Waals surface area contributed by atoms with Crippen molar-refractivity contribution in [2.75, 3.05) is 17.1 Å². The Kier molecular flexibility index (Phi) is 6.56. The molecule has 3 N–H and O–H groups in total. The molecule has 1 aromatic rings. The van der Waals surface area contributed by atoms with Crippen molar-refractivity contribution in [3.63, 3.8) is 0 Å². The summed E-state index contributed by atoms with van der Waals surface area (Å²) in [5.41, 5.74) is 6.24. The molecule has 0 heterocycles. The summed E-state index contributed by atoms with van der Waals surface area (Å²) in [4.78, 5) is 11.3. The molecule has 0 saturated carbocycles. The first-order valence-electron chi connectivity index (χ1n) is 6.00. The van der Waals surface area contributed by atoms with Crippen LogP contribution < -0.4 is 10.5 Å². The molecule has 0 amide bonds. The highest BCUT2D eigenvalue weighted by molar-refractivity contribution is 9.10. The normalized spacial score (nSPS) is 11.0. The van der Waals surface area contributed by atoms with Crippen molar-refractivity contribution < 1.29 is 17.9 Å². The number of hydrogen-bond acceptors (Lipinski definition) is 5. The third-order valence-electron chi connectivity index (χ3n) is 2.39. The van der Waals surface area contributed by atoms with Gasteiger partial charge in [0.1, 0.15) is 4.99 Å². The van der Waals surface area contributed by atoms with Gasteiger partial charge in [-0.2, -0.15) is 0 Å². The van der Waals surface area contributed by atoms with E-state index in [1.54, 1.807) is 25.1 Å². The Balaban J connectivity index is 2.85. The minimum Gasteiger partial charge on any atom is -0.466 e. The van der Waals surface area contributed by atoms with Crippen LogP contribution in [0.3, 0.4) is 0 Å². The number of ether oxygens (including phenoxy) is 1. The van der Waals surface area contributed by atoms with Crippen LogP contribution in [0.1, 0.15) is 18.9 Å². The summed E-state index contributed by atoms with van der Waals surface area (Å²) in [6, 6.07) is 4.82. The Morgan fingerprint density at radius 2 is 2.14 bits per heavy atom. The second-order valence-corrected chi connectivity index (χ2v) is 7.23. The zero-order valence-electron chi connectivity index (χ0n) is 11.3. The molecule has 0 aliphatic rings. The fraction of sp³-hybridized carbons (Fsp3) is 0.333. The van der Waals surface area contributed by atoms with Gasteiger partial charge in [-0.05, 0) is 25.1 Å². The third-order valence-corrected chi connectivity index (χ3v) is 4.38. The molecule has 0 spiro atoms. The molecular formula is C12H15BrN2O4S2. The lowest BCUT2D eigenvalue weighted by Crippen LogP contribution is -2.22. The lowest BCUT2D eigenvalue weighted by atomic mass is 10.2. The van der Waals surface area contributed by atoms with E-state index in [2.05, 4.69) is 25.4 Å². The number of esters is 1. The number of anilines is 1. The number of hydrogen-bond donors (Lipinski definition) is 2. The number of nitrogens with two attached hydrogens (primary N) is 1. The Morgan fingerprint density at radius 3 is 2.71 bits per heavy atom. The van der Waals surface area contributed by atoms with E-state index in [0.717, 1.165) is 4.47 Å². The van der Waals surface area contributed by atoms with Gasteiger partial charge < -0.3 is 10.5 Å². The smallest absolute Gasteiger partial charge is 0.306 e. The zero-order valence-corrected chi connectivity index (χ0v) is 14.5. The van der Waals surface area contributed by atoms with E-state index >= 15 is 0 Å². The number of benzene rings is 1. The third kappa shape index (κ3) is 5.98. The average molecular weight is 395 g/mol. The van der Waals surface area contributed by atoms with E-state index < -0.39 is 16.0 Å². The van der Waals surface area contributed by atoms with Crippen LogP contribution >= 0.6 is 28.1 Å². The predicted octanol–water partition coefficient (Wildman–Crippen LogP) is 1.78. The van der Waals surface area contributed by atoms with Gasteiger partial charge in [-0.3, -0.25) is 9.52 Å². The summed E-state index contributed by atoms with van der Waals surface area (Å²) in [5.74, 6) is -0.938. The van der Waals surface area contributed by atoms with Crippen LogP contribution in [0.25, 0.3) is 0 Å². The molecule has 1 rings (SSSR count). The highest BCUT2D eigenvalue weighted by Crippen LogP contribution is 2.22. The topological polar surface area (TPSA) is 98.5 Å². The molecule has 0 bridgehead atoms. The lowest BCUT2D eigenvalue weighted by molar-refractivity contribution is -0.142. The first-order valence-corrected chi connectivity index (χ1v) is 8.86. The molecule has 0 radical (unpaired) electrons. The first-order chi connectivity index (χ1) is 9.75. The van der Waals surface area contributed by atoms with Crippen molar-refractivity contribution in [3.05, 3.63) is 28.2 Å². The Morgan fingerprint density at radius 1 is 1.48 bits per heavy atom. The average Bonchev–Trinajstić information content (AvgIpc) is 2.38. The molecule has 6 nitrogen and oxygen atoms in total. The van der Waals surface area contributed by atoms with Crippen LogP contribution in [0.4, 0.5) is 5.69 Å². The minimum absolute atomic E-state index is 0.0689. The van der Waals surface area contributed by atoms with Gasteiger partial charge in [-0.1, -0.05) is 28.1 Å². The van der Waals surface area contributed by atoms with Crippen LogP contribution in [0.5, 0.6) is 0 Å². The van der Waals surface area contributed by atoms with E-state index in [1.165, 1.54) is 0 Å². The SMILES string of the molecule is CCOC(=O)CCS(=O)(=O)Nc1ccc(Br)cc1C(N)=S. The fourth-order valence-electron chi connectivity index (χ4n) is 1.48. The van der Waals surface area contributed by atoms with Crippen molar-refractivity contribution in [1.29, 1.82) is 0 Å². The minimum atomic E-state index is -3.70. The Hall–Kier alpha value is -1.19. The molecule has 0 atom stereocenters. The second-order valence-electron chi connectivity index (χ2n) is 4.03. The monoisotopic (exact) mass is 394 g/mol. The van der Waals surface area contributed by atoms with Crippen LogP contribution in [0, 0.1) is 0 Å². The van der Waals surface area contributed by atoms with E-state index in [9.17, 15) is 13.2 Å². The first kappa shape index (κ1) is 17.9. The van der Waals surface area contributed by atoms with E-state index in [-0.39, 0.29) is 29.5 Å². The fourth-order valence-corrected chi connectivity index (χ4v) is 3.06. The molecule has 0 saturated heterocycles. The zero-order chi connectivity index (χ0) is 16.0. The van der Waals surface area contributed by atoms with Crippen LogP contribution in [0.2, 0.25) is 0 Å². The molecule has 9 heteroatoms. The molecule has 0 aliphatic heterocycles. The summed E-state index contributed by atoms with van der Waals surface area (Å²) >= 11 is 8.14. The van der Waals surface area contributed by atoms with Gasteiger partial charge in [0.15, 0.2) is 0 Å². The quantitative estimate of drug-likeness (QED) is 0.540. The molecule has 0 aliphatic carbocycles. The number of carbonyl (C=O) groups excluding carboxylic acids is 1. The van der Waals surface area contributed by atoms with Crippen molar-refractivity contribution in [2.24, 2.45) is 5.73 Å². The van der Waals surface area contributed by atoms with Gasteiger partial charge in [0.05, 0.1) is 24.5 Å². The Labute approximate surface area is 137 Å². The van der Waals surface area contributed by atoms with Gasteiger partial charge in [0, 0.05) is 10.0 Å². The Bertz CT molecular complexity index is 647. The molecule has 0 fully saturated rings. The maximum atomic E-state index is 12.0. The van der Waals surface area contributed by atoms with Gasteiger partial charge in [-0.25, -0.2) is 8.42 Å². The molecule has 0 aromatic heterocycles. The summed E-state index contributed by atoms with van der Waals surface area (Å²) in [7, 11) is -3.70. The highest BCUT2D eigenvalue weighted by atomic mass is 79.9. The van der Waals surface area contributed by atoms with Gasteiger partial charge in [0.25, 0.3) is 0 Å². The molecule has 21 heavy (non-hydrogen) atoms. The van der Waals surface area contributed by atoms with Crippen LogP contribution in [-0.4, -0.2) is 31.7 Å². The van der Waals surface area contributed by atoms with Gasteiger partial charge in [0.2, 0.25) is 10.0 Å². The van der Waals surface area contributed by atoms with Crippen molar-refractivity contribution in [1.82, 2.24) is 0 Å². The largest absolute Gasteiger partial charge is 0.466 e. The lowest BCUT2D eigenvalue weighted by Gasteiger charge is -2.12. The molecule has 116 valence electrons. The number of thiocarbonyl (C=S) groups is 1. The maximum absolute atomic E-state index is 12.0. The van der Waals surface area contributed by atoms with E-state index in [0.29, 0.717) is 5.56 Å². The molecular weight excluding hydrogens is 380 g/mol. The predicted molar refractivity (Wildman–Crippen MR) is 88.7 cm³/mol. The van der Waals surface area contributed by atoms with Gasteiger partial charge in [-0.15, -0.1) is 0 Å². The number of rotatable bonds is 7. The standard InChI is InChI=1S/C12H15BrN2O4S2/c1-2-19-11(16)5-6-21(17,18)15-10-4-3-8(13)7-9(10)12(14)20/h3-4,7,15H,2,5-6H2,1H3,(H2,14,20). The summed E-state index contributed by atoms with van der Waals surface area (Å²) in [5, 5.41) is 0. The van der Waals surface area contributed by atoms with Gasteiger partial charge >= 0.3 is 5.97 Å². The summed E-state index contributed by atoms with van der Waals surface area (Å²) in [6.45, 7) is 1.87. The number of halogens is 1. The van der Waals surface area contributed by atoms with Crippen molar-refractivity contribution >= 4 is 54.8 Å². The molecule has 1 aromatic carbocycles. The maximum Gasteiger partial charge on any atom is 0.306 e. The van der Waals surface area contributed by atoms with Crippen LogP contribution in [-0.2, 0) is 19.6 Å². The van der Waals surface area contributed by atoms with Crippen LogP contribution in [0.15, 0.2) is 22.7 Å². The number of nitrogens with one attached hydrogen (secondary N) is 1. The summed E-state index contributed by atoms with van der Waals surface area (Å²) in [6.07, 6.45) is -0.220. The van der Waals surface area contributed by atoms with E-state index in [1.807, 2.05) is 0 Å². The number of sulfonamides is 1.